The molecule has 42 heavy (non-hydrogen) atoms. The molecule has 6 atom stereocenters. The highest BCUT2D eigenvalue weighted by atomic mass is 31.2. The minimum Gasteiger partial charge on any atom is -0.464 e. The number of aromatic nitrogens is 3. The minimum atomic E-state index is -4.32. The summed E-state index contributed by atoms with van der Waals surface area (Å²) in [5.41, 5.74) is 4.28. The predicted octanol–water partition coefficient (Wildman–Crippen LogP) is 2.31. The van der Waals surface area contributed by atoms with Crippen LogP contribution in [0.25, 0.3) is 5.52 Å². The van der Waals surface area contributed by atoms with Gasteiger partial charge in [-0.15, -0.1) is 0 Å². The summed E-state index contributed by atoms with van der Waals surface area (Å²) in [6, 6.07) is 12.0. The molecule has 5 N–H and O–H groups in total. The van der Waals surface area contributed by atoms with Gasteiger partial charge in [0.25, 0.3) is 0 Å². The molecule has 1 aromatic carbocycles. The summed E-state index contributed by atoms with van der Waals surface area (Å²) in [4.78, 5) is 16.6. The number of rotatable bonds is 13. The van der Waals surface area contributed by atoms with Crippen molar-refractivity contribution in [2.24, 2.45) is 5.92 Å². The third-order valence-corrected chi connectivity index (χ3v) is 8.83. The van der Waals surface area contributed by atoms with Crippen LogP contribution < -0.4 is 15.3 Å². The Bertz CT molecular complexity index is 1460. The van der Waals surface area contributed by atoms with E-state index in [9.17, 15) is 24.8 Å². The molecule has 0 amide bonds. The Balaban J connectivity index is 1.53. The molecule has 226 valence electrons. The van der Waals surface area contributed by atoms with Crippen molar-refractivity contribution in [3.8, 4) is 11.8 Å². The van der Waals surface area contributed by atoms with E-state index in [1.807, 2.05) is 19.9 Å². The molecule has 3 aromatic rings. The first-order valence-corrected chi connectivity index (χ1v) is 15.1. The van der Waals surface area contributed by atoms with Crippen LogP contribution in [0.4, 0.5) is 5.82 Å². The van der Waals surface area contributed by atoms with Crippen molar-refractivity contribution in [3.63, 3.8) is 0 Å². The number of benzene rings is 1. The summed E-state index contributed by atoms with van der Waals surface area (Å²) in [5, 5.41) is 38.7. The predicted molar refractivity (Wildman–Crippen MR) is 150 cm³/mol. The zero-order chi connectivity index (χ0) is 30.5. The molecular formula is C27H35N6O8P. The zero-order valence-corrected chi connectivity index (χ0v) is 24.4. The van der Waals surface area contributed by atoms with Crippen LogP contribution in [0, 0.1) is 17.2 Å². The topological polar surface area (TPSA) is 204 Å². The Morgan fingerprint density at radius 1 is 1.26 bits per heavy atom. The highest BCUT2D eigenvalue weighted by molar-refractivity contribution is 7.52. The average Bonchev–Trinajstić information content (AvgIpc) is 3.53. The van der Waals surface area contributed by atoms with Gasteiger partial charge in [-0.25, -0.2) is 14.1 Å². The molecule has 0 aliphatic carbocycles. The van der Waals surface area contributed by atoms with Gasteiger partial charge in [0.2, 0.25) is 5.60 Å². The van der Waals surface area contributed by atoms with Gasteiger partial charge >= 0.3 is 13.7 Å². The van der Waals surface area contributed by atoms with Crippen LogP contribution in [0.5, 0.6) is 5.75 Å². The molecule has 1 fully saturated rings. The van der Waals surface area contributed by atoms with E-state index in [0.717, 1.165) is 12.8 Å². The molecule has 3 heterocycles. The second-order valence-corrected chi connectivity index (χ2v) is 11.7. The maximum absolute atomic E-state index is 13.9. The number of aliphatic hydroxyl groups is 2. The number of nitriles is 1. The highest BCUT2D eigenvalue weighted by Crippen LogP contribution is 2.47. The van der Waals surface area contributed by atoms with Crippen molar-refractivity contribution in [2.45, 2.75) is 63.6 Å². The van der Waals surface area contributed by atoms with Crippen molar-refractivity contribution >= 4 is 25.1 Å². The smallest absolute Gasteiger partial charge is 0.459 e. The molecule has 0 spiro atoms. The fraction of sp³-hybridized carbons (Fsp3) is 0.481. The zero-order valence-electron chi connectivity index (χ0n) is 23.5. The van der Waals surface area contributed by atoms with E-state index >= 15 is 0 Å². The van der Waals surface area contributed by atoms with Gasteiger partial charge in [-0.3, -0.25) is 9.32 Å². The monoisotopic (exact) mass is 602 g/mol. The number of hydrogen-bond acceptors (Lipinski definition) is 12. The van der Waals surface area contributed by atoms with Gasteiger partial charge in [0, 0.05) is 0 Å². The molecule has 0 bridgehead atoms. The standard InChI is InChI=1S/C27H35N6O8P/c1-4-18(5-2)13-38-26(36)17(3)32-42(37,41-19-9-7-6-8-10-19)39-14-21-23(34)24(35)27(15-28,40-21)22-12-11-20-25(29)30-16-31-33(20)22/h6-12,16-18,21,23-24,34-35H,4-5,13-14H2,1-3H3,(H,32,37)(H2,29,30,31)/t17-,21-,23-,24-,27+,42+/m1/s1. The maximum atomic E-state index is 13.9. The van der Waals surface area contributed by atoms with E-state index in [-0.39, 0.29) is 29.8 Å². The summed E-state index contributed by atoms with van der Waals surface area (Å²) in [7, 11) is -4.32. The Morgan fingerprint density at radius 3 is 2.64 bits per heavy atom. The van der Waals surface area contributed by atoms with Crippen molar-refractivity contribution in [2.75, 3.05) is 18.9 Å². The van der Waals surface area contributed by atoms with Gasteiger partial charge in [-0.1, -0.05) is 44.9 Å². The molecule has 2 aromatic heterocycles. The lowest BCUT2D eigenvalue weighted by Gasteiger charge is -2.25. The first-order valence-electron chi connectivity index (χ1n) is 13.5. The van der Waals surface area contributed by atoms with Crippen LogP contribution in [0.2, 0.25) is 0 Å². The molecule has 1 aliphatic rings. The van der Waals surface area contributed by atoms with Crippen molar-refractivity contribution in [1.29, 1.82) is 5.26 Å². The molecule has 1 aliphatic heterocycles. The van der Waals surface area contributed by atoms with Crippen LogP contribution in [-0.4, -0.2) is 68.3 Å². The highest BCUT2D eigenvalue weighted by Gasteiger charge is 2.58. The van der Waals surface area contributed by atoms with Crippen molar-refractivity contribution in [3.05, 3.63) is 54.5 Å². The number of hydrogen-bond donors (Lipinski definition) is 4. The van der Waals surface area contributed by atoms with Gasteiger partial charge < -0.3 is 29.9 Å². The largest absolute Gasteiger partial charge is 0.464 e. The van der Waals surface area contributed by atoms with Gasteiger partial charge in [0.1, 0.15) is 48.0 Å². The number of nitrogens with zero attached hydrogens (tertiary/aromatic N) is 4. The van der Waals surface area contributed by atoms with E-state index in [1.165, 1.54) is 23.8 Å². The summed E-state index contributed by atoms with van der Waals surface area (Å²) in [6.07, 6.45) is -1.87. The van der Waals surface area contributed by atoms with Crippen LogP contribution in [0.1, 0.15) is 39.3 Å². The summed E-state index contributed by atoms with van der Waals surface area (Å²) in [6.45, 7) is 5.08. The second kappa shape index (κ2) is 13.2. The summed E-state index contributed by atoms with van der Waals surface area (Å²) in [5.74, 6) is -0.143. The minimum absolute atomic E-state index is 0.0961. The van der Waals surface area contributed by atoms with Crippen LogP contribution >= 0.6 is 7.75 Å². The van der Waals surface area contributed by atoms with Crippen molar-refractivity contribution < 1.29 is 38.1 Å². The maximum Gasteiger partial charge on any atom is 0.459 e. The Kier molecular flexibility index (Phi) is 9.83. The lowest BCUT2D eigenvalue weighted by molar-refractivity contribution is -0.146. The van der Waals surface area contributed by atoms with Crippen molar-refractivity contribution in [1.82, 2.24) is 19.7 Å². The first kappa shape index (κ1) is 31.4. The molecular weight excluding hydrogens is 567 g/mol. The number of anilines is 1. The number of nitrogen functional groups attached to an aromatic ring is 1. The molecule has 1 saturated heterocycles. The molecule has 14 nitrogen and oxygen atoms in total. The van der Waals surface area contributed by atoms with Crippen LogP contribution in [0.3, 0.4) is 0 Å². The molecule has 4 rings (SSSR count). The van der Waals surface area contributed by atoms with Gasteiger partial charge in [-0.05, 0) is 37.1 Å². The second-order valence-electron chi connectivity index (χ2n) is 9.96. The quantitative estimate of drug-likeness (QED) is 0.164. The number of aliphatic hydroxyl groups excluding tert-OH is 2. The molecule has 15 heteroatoms. The number of carbonyl (C=O) groups excluding carboxylic acids is 1. The van der Waals surface area contributed by atoms with Gasteiger partial charge in [0.15, 0.2) is 5.82 Å². The van der Waals surface area contributed by atoms with Crippen LogP contribution in [0.15, 0.2) is 48.8 Å². The SMILES string of the molecule is CCC(CC)COC(=O)[C@@H](C)N[P@](=O)(OC[C@H]1O[C@@](C#N)(c2ccc3c(N)ncnn23)[C@H](O)[C@@H]1O)Oc1ccccc1. The summed E-state index contributed by atoms with van der Waals surface area (Å²) < 4.78 is 37.8. The molecule has 0 unspecified atom stereocenters. The number of carbonyl (C=O) groups is 1. The fourth-order valence-electron chi connectivity index (χ4n) is 4.57. The Labute approximate surface area is 242 Å². The summed E-state index contributed by atoms with van der Waals surface area (Å²) >= 11 is 0. The third-order valence-electron chi connectivity index (χ3n) is 7.19. The van der Waals surface area contributed by atoms with Crippen LogP contribution in [-0.2, 0) is 29.0 Å². The van der Waals surface area contributed by atoms with Gasteiger partial charge in [0.05, 0.1) is 18.9 Å². The van der Waals surface area contributed by atoms with E-state index < -0.39 is 50.3 Å². The number of fused-ring (bicyclic) bond motifs is 1. The number of nitrogens with two attached hydrogens (primary N) is 1. The van der Waals surface area contributed by atoms with E-state index in [1.54, 1.807) is 36.4 Å². The lowest BCUT2D eigenvalue weighted by atomic mass is 9.92. The van der Waals surface area contributed by atoms with E-state index in [2.05, 4.69) is 15.2 Å². The Morgan fingerprint density at radius 2 is 1.98 bits per heavy atom. The molecule has 0 saturated carbocycles. The Hall–Kier alpha value is -3.57. The number of para-hydroxylation sites is 1. The fourth-order valence-corrected chi connectivity index (χ4v) is 6.07. The van der Waals surface area contributed by atoms with E-state index in [0.29, 0.717) is 5.52 Å². The lowest BCUT2D eigenvalue weighted by Crippen LogP contribution is -2.41. The average molecular weight is 603 g/mol. The van der Waals surface area contributed by atoms with E-state index in [4.69, 9.17) is 24.3 Å². The number of nitrogens with one attached hydrogen (secondary N) is 1. The van der Waals surface area contributed by atoms with Gasteiger partial charge in [-0.2, -0.15) is 15.4 Å². The molecule has 0 radical (unpaired) electrons. The number of ether oxygens (including phenoxy) is 2. The third kappa shape index (κ3) is 6.42. The normalized spacial score (nSPS) is 24.3. The first-order chi connectivity index (χ1) is 20.1. The number of esters is 1.